The van der Waals surface area contributed by atoms with Gasteiger partial charge in [0.15, 0.2) is 0 Å². The molecule has 1 unspecified atom stereocenters. The number of carboxylic acid groups (broad SMARTS) is 1. The number of carbonyl (C=O) groups excluding carboxylic acids is 1. The molecule has 9 heteroatoms. The number of hydrogen-bond donors (Lipinski definition) is 2. The van der Waals surface area contributed by atoms with Crippen LogP contribution in [-0.4, -0.2) is 49.1 Å². The van der Waals surface area contributed by atoms with Gasteiger partial charge in [-0.15, -0.1) is 11.3 Å². The Hall–Kier alpha value is -1.45. The lowest BCUT2D eigenvalue weighted by Crippen LogP contribution is -2.43. The molecule has 1 amide bonds. The van der Waals surface area contributed by atoms with Crippen molar-refractivity contribution in [2.24, 2.45) is 5.92 Å². The summed E-state index contributed by atoms with van der Waals surface area (Å²) in [6.45, 7) is 0.554. The number of nitrogens with zero attached hydrogens (tertiary/aromatic N) is 1. The van der Waals surface area contributed by atoms with Crippen molar-refractivity contribution >= 4 is 38.9 Å². The van der Waals surface area contributed by atoms with Gasteiger partial charge >= 0.3 is 5.97 Å². The third kappa shape index (κ3) is 3.80. The number of carbonyl (C=O) groups is 2. The molecule has 0 bridgehead atoms. The summed E-state index contributed by atoms with van der Waals surface area (Å²) in [6, 6.07) is 1.53. The van der Waals surface area contributed by atoms with Crippen molar-refractivity contribution in [3.05, 3.63) is 16.3 Å². The topological polar surface area (TPSA) is 104 Å². The second-order valence-electron chi connectivity index (χ2n) is 4.92. The highest BCUT2D eigenvalue weighted by atomic mass is 32.2. The number of nitrogens with one attached hydrogen (secondary N) is 1. The van der Waals surface area contributed by atoms with E-state index in [4.69, 9.17) is 5.11 Å². The number of hydrogen-bond acceptors (Lipinski definition) is 5. The Kier molecular flexibility index (Phi) is 4.64. The third-order valence-corrected chi connectivity index (χ3v) is 5.51. The van der Waals surface area contributed by atoms with Crippen molar-refractivity contribution in [2.45, 2.75) is 12.8 Å². The monoisotopic (exact) mass is 332 g/mol. The van der Waals surface area contributed by atoms with Crippen LogP contribution in [0.4, 0.5) is 5.69 Å². The molecule has 1 aromatic heterocycles. The van der Waals surface area contributed by atoms with Gasteiger partial charge in [0.1, 0.15) is 4.88 Å². The Bertz CT molecular complexity index is 652. The molecule has 2 heterocycles. The van der Waals surface area contributed by atoms with Crippen LogP contribution in [0.2, 0.25) is 0 Å². The first-order valence-corrected chi connectivity index (χ1v) is 9.08. The van der Waals surface area contributed by atoms with Gasteiger partial charge in [0.25, 0.3) is 0 Å². The van der Waals surface area contributed by atoms with Crippen LogP contribution in [0, 0.1) is 5.92 Å². The minimum atomic E-state index is -3.31. The molecule has 2 N–H and O–H groups in total. The summed E-state index contributed by atoms with van der Waals surface area (Å²) in [6.07, 6.45) is 2.32. The van der Waals surface area contributed by atoms with E-state index in [1.165, 1.54) is 10.4 Å². The summed E-state index contributed by atoms with van der Waals surface area (Å²) in [5, 5.41) is 13.2. The predicted octanol–water partition coefficient (Wildman–Crippen LogP) is 1.06. The van der Waals surface area contributed by atoms with Gasteiger partial charge in [-0.25, -0.2) is 17.5 Å². The van der Waals surface area contributed by atoms with E-state index in [0.717, 1.165) is 17.6 Å². The SMILES string of the molecule is CS(=O)(=O)N1CCCC(C(=O)Nc2ccsc2C(=O)O)C1. The lowest BCUT2D eigenvalue weighted by atomic mass is 9.99. The van der Waals surface area contributed by atoms with Gasteiger partial charge in [0.05, 0.1) is 17.9 Å². The Morgan fingerprint density at radius 1 is 1.48 bits per heavy atom. The summed E-state index contributed by atoms with van der Waals surface area (Å²) in [5.74, 6) is -1.90. The van der Waals surface area contributed by atoms with Crippen molar-refractivity contribution in [2.75, 3.05) is 24.7 Å². The highest BCUT2D eigenvalue weighted by Gasteiger charge is 2.30. The van der Waals surface area contributed by atoms with Gasteiger partial charge in [0, 0.05) is 13.1 Å². The number of aromatic carboxylic acids is 1. The van der Waals surface area contributed by atoms with E-state index in [2.05, 4.69) is 5.32 Å². The summed E-state index contributed by atoms with van der Waals surface area (Å²) in [5.41, 5.74) is 0.258. The fourth-order valence-corrected chi connectivity index (χ4v) is 3.86. The number of anilines is 1. The van der Waals surface area contributed by atoms with Gasteiger partial charge in [-0.1, -0.05) is 0 Å². The number of thiophene rings is 1. The Morgan fingerprint density at radius 2 is 2.19 bits per heavy atom. The second-order valence-corrected chi connectivity index (χ2v) is 7.82. The first-order valence-electron chi connectivity index (χ1n) is 6.36. The molecule has 1 aromatic rings. The standard InChI is InChI=1S/C12H16N2O5S2/c1-21(18,19)14-5-2-3-8(7-14)11(15)13-9-4-6-20-10(9)12(16)17/h4,6,8H,2-3,5,7H2,1H3,(H,13,15)(H,16,17). The number of amides is 1. The summed E-state index contributed by atoms with van der Waals surface area (Å²) in [7, 11) is -3.31. The van der Waals surface area contributed by atoms with E-state index in [1.807, 2.05) is 0 Å². The van der Waals surface area contributed by atoms with Crippen molar-refractivity contribution < 1.29 is 23.1 Å². The molecule has 0 saturated carbocycles. The lowest BCUT2D eigenvalue weighted by Gasteiger charge is -2.30. The minimum absolute atomic E-state index is 0.0686. The van der Waals surface area contributed by atoms with E-state index in [1.54, 1.807) is 5.38 Å². The zero-order chi connectivity index (χ0) is 15.6. The molecular weight excluding hydrogens is 316 g/mol. The van der Waals surface area contributed by atoms with Gasteiger partial charge < -0.3 is 10.4 Å². The fraction of sp³-hybridized carbons (Fsp3) is 0.500. The number of carboxylic acids is 1. The van der Waals surface area contributed by atoms with Crippen molar-refractivity contribution in [1.29, 1.82) is 0 Å². The molecule has 0 aliphatic carbocycles. The summed E-state index contributed by atoms with van der Waals surface area (Å²) in [4.78, 5) is 23.3. The Balaban J connectivity index is 2.06. The molecule has 1 aliphatic rings. The van der Waals surface area contributed by atoms with E-state index in [9.17, 15) is 18.0 Å². The number of rotatable bonds is 4. The fourth-order valence-electron chi connectivity index (χ4n) is 2.27. The first kappa shape index (κ1) is 15.9. The average Bonchev–Trinajstić information content (AvgIpc) is 2.86. The van der Waals surface area contributed by atoms with E-state index in [0.29, 0.717) is 19.4 Å². The maximum absolute atomic E-state index is 12.2. The van der Waals surface area contributed by atoms with Crippen LogP contribution < -0.4 is 5.32 Å². The molecular formula is C12H16N2O5S2. The largest absolute Gasteiger partial charge is 0.477 e. The van der Waals surface area contributed by atoms with Crippen LogP contribution in [0.3, 0.4) is 0 Å². The van der Waals surface area contributed by atoms with Gasteiger partial charge in [0.2, 0.25) is 15.9 Å². The zero-order valence-corrected chi connectivity index (χ0v) is 13.0. The highest BCUT2D eigenvalue weighted by Crippen LogP contribution is 2.25. The average molecular weight is 332 g/mol. The first-order chi connectivity index (χ1) is 9.79. The zero-order valence-electron chi connectivity index (χ0n) is 11.4. The Labute approximate surface area is 126 Å². The third-order valence-electron chi connectivity index (χ3n) is 3.34. The highest BCUT2D eigenvalue weighted by molar-refractivity contribution is 7.88. The second kappa shape index (κ2) is 6.12. The lowest BCUT2D eigenvalue weighted by molar-refractivity contribution is -0.120. The van der Waals surface area contributed by atoms with Crippen LogP contribution in [0.25, 0.3) is 0 Å². The molecule has 0 aromatic carbocycles. The van der Waals surface area contributed by atoms with Gasteiger partial charge in [-0.05, 0) is 24.3 Å². The molecule has 21 heavy (non-hydrogen) atoms. The van der Waals surface area contributed by atoms with Crippen LogP contribution in [0.1, 0.15) is 22.5 Å². The molecule has 7 nitrogen and oxygen atoms in total. The number of sulfonamides is 1. The van der Waals surface area contributed by atoms with Crippen LogP contribution in [0.15, 0.2) is 11.4 Å². The Morgan fingerprint density at radius 3 is 2.81 bits per heavy atom. The van der Waals surface area contributed by atoms with E-state index in [-0.39, 0.29) is 23.0 Å². The van der Waals surface area contributed by atoms with Crippen LogP contribution >= 0.6 is 11.3 Å². The number of piperidine rings is 1. The molecule has 1 saturated heterocycles. The minimum Gasteiger partial charge on any atom is -0.477 e. The molecule has 0 spiro atoms. The maximum Gasteiger partial charge on any atom is 0.348 e. The maximum atomic E-state index is 12.2. The molecule has 0 radical (unpaired) electrons. The van der Waals surface area contributed by atoms with Crippen molar-refractivity contribution in [3.8, 4) is 0 Å². The molecule has 1 atom stereocenters. The van der Waals surface area contributed by atoms with Crippen LogP contribution in [0.5, 0.6) is 0 Å². The van der Waals surface area contributed by atoms with Gasteiger partial charge in [-0.3, -0.25) is 4.79 Å². The van der Waals surface area contributed by atoms with Crippen molar-refractivity contribution in [3.63, 3.8) is 0 Å². The van der Waals surface area contributed by atoms with Crippen LogP contribution in [-0.2, 0) is 14.8 Å². The molecule has 1 fully saturated rings. The summed E-state index contributed by atoms with van der Waals surface area (Å²) < 4.78 is 24.4. The van der Waals surface area contributed by atoms with E-state index < -0.39 is 21.9 Å². The summed E-state index contributed by atoms with van der Waals surface area (Å²) >= 11 is 1.03. The molecule has 1 aliphatic heterocycles. The smallest absolute Gasteiger partial charge is 0.348 e. The molecule has 116 valence electrons. The quantitative estimate of drug-likeness (QED) is 0.858. The van der Waals surface area contributed by atoms with E-state index >= 15 is 0 Å². The van der Waals surface area contributed by atoms with Crippen molar-refractivity contribution in [1.82, 2.24) is 4.31 Å². The molecule has 2 rings (SSSR count). The van der Waals surface area contributed by atoms with Gasteiger partial charge in [-0.2, -0.15) is 0 Å². The predicted molar refractivity (Wildman–Crippen MR) is 79.0 cm³/mol. The normalized spacial score (nSPS) is 20.1.